The molecule has 0 spiro atoms. The number of ether oxygens (including phenoxy) is 2. The van der Waals surface area contributed by atoms with Crippen molar-refractivity contribution in [2.75, 3.05) is 19.5 Å². The van der Waals surface area contributed by atoms with Gasteiger partial charge in [-0.15, -0.1) is 0 Å². The van der Waals surface area contributed by atoms with Crippen LogP contribution < -0.4 is 14.8 Å². The van der Waals surface area contributed by atoms with Crippen LogP contribution in [0.3, 0.4) is 0 Å². The second-order valence-electron chi connectivity index (χ2n) is 7.52. The molecule has 5 heteroatoms. The third-order valence-corrected chi connectivity index (χ3v) is 5.44. The highest BCUT2D eigenvalue weighted by molar-refractivity contribution is 6.06. The van der Waals surface area contributed by atoms with Crippen molar-refractivity contribution in [1.82, 2.24) is 0 Å². The van der Waals surface area contributed by atoms with Gasteiger partial charge in [0.1, 0.15) is 17.1 Å². The highest BCUT2D eigenvalue weighted by atomic mass is 16.5. The molecule has 3 aromatic carbocycles. The van der Waals surface area contributed by atoms with Gasteiger partial charge in [0.05, 0.1) is 20.5 Å². The number of aryl methyl sites for hydroxylation is 1. The van der Waals surface area contributed by atoms with E-state index >= 15 is 0 Å². The zero-order chi connectivity index (χ0) is 22.7. The van der Waals surface area contributed by atoms with Crippen LogP contribution in [0.5, 0.6) is 11.5 Å². The van der Waals surface area contributed by atoms with Gasteiger partial charge in [-0.05, 0) is 55.3 Å². The summed E-state index contributed by atoms with van der Waals surface area (Å²) in [4.78, 5) is 12.6. The number of methoxy groups -OCH3 is 2. The Balaban J connectivity index is 1.78. The number of anilines is 1. The number of carbonyl (C=O) groups excluding carboxylic acids is 1. The molecule has 4 aromatic rings. The van der Waals surface area contributed by atoms with Gasteiger partial charge >= 0.3 is 0 Å². The standard InChI is InChI=1S/C27H25NO4/c1-17(13-25(29)28-20-10-6-5-7-11-20)22-15-23-24(19-9-8-12-21(14-19)30-3)16-32-27(23)18(2)26(22)31-4/h5-16H,1-4H3,(H,28,29)/b17-13+. The van der Waals surface area contributed by atoms with Crippen molar-refractivity contribution in [2.45, 2.75) is 13.8 Å². The summed E-state index contributed by atoms with van der Waals surface area (Å²) in [5.41, 5.74) is 5.95. The van der Waals surface area contributed by atoms with Gasteiger partial charge in [0.25, 0.3) is 0 Å². The van der Waals surface area contributed by atoms with Crippen molar-refractivity contribution in [3.8, 4) is 22.6 Å². The second kappa shape index (κ2) is 9.02. The second-order valence-corrected chi connectivity index (χ2v) is 7.52. The molecule has 0 atom stereocenters. The molecule has 4 rings (SSSR count). The number of furan rings is 1. The minimum Gasteiger partial charge on any atom is -0.497 e. The first-order chi connectivity index (χ1) is 15.5. The van der Waals surface area contributed by atoms with Crippen LogP contribution in [0.25, 0.3) is 27.7 Å². The number of nitrogens with one attached hydrogen (secondary N) is 1. The quantitative estimate of drug-likeness (QED) is 0.358. The van der Waals surface area contributed by atoms with Gasteiger partial charge in [-0.1, -0.05) is 30.3 Å². The summed E-state index contributed by atoms with van der Waals surface area (Å²) in [5.74, 6) is 1.26. The van der Waals surface area contributed by atoms with E-state index in [9.17, 15) is 4.79 Å². The highest BCUT2D eigenvalue weighted by Gasteiger charge is 2.19. The lowest BCUT2D eigenvalue weighted by molar-refractivity contribution is -0.111. The molecule has 0 saturated carbocycles. The van der Waals surface area contributed by atoms with Crippen molar-refractivity contribution in [3.05, 3.63) is 84.1 Å². The summed E-state index contributed by atoms with van der Waals surface area (Å²) in [6, 6.07) is 19.2. The van der Waals surface area contributed by atoms with Gasteiger partial charge in [-0.3, -0.25) is 4.79 Å². The minimum absolute atomic E-state index is 0.200. The molecule has 0 aliphatic rings. The van der Waals surface area contributed by atoms with Crippen molar-refractivity contribution in [1.29, 1.82) is 0 Å². The minimum atomic E-state index is -0.200. The summed E-state index contributed by atoms with van der Waals surface area (Å²) in [7, 11) is 3.27. The molecule has 0 aliphatic heterocycles. The topological polar surface area (TPSA) is 60.7 Å². The van der Waals surface area contributed by atoms with Gasteiger partial charge in [-0.25, -0.2) is 0 Å². The normalized spacial score (nSPS) is 11.4. The third kappa shape index (κ3) is 4.10. The van der Waals surface area contributed by atoms with E-state index in [1.807, 2.05) is 74.5 Å². The van der Waals surface area contributed by atoms with Crippen LogP contribution in [-0.2, 0) is 4.79 Å². The summed E-state index contributed by atoms with van der Waals surface area (Å²) in [6.07, 6.45) is 3.33. The molecule has 0 aliphatic carbocycles. The van der Waals surface area contributed by atoms with Crippen molar-refractivity contribution < 1.29 is 18.7 Å². The number of hydrogen-bond acceptors (Lipinski definition) is 4. The molecule has 0 fully saturated rings. The van der Waals surface area contributed by atoms with E-state index in [0.29, 0.717) is 5.75 Å². The van der Waals surface area contributed by atoms with Crippen LogP contribution >= 0.6 is 0 Å². The molecule has 1 aromatic heterocycles. The van der Waals surface area contributed by atoms with E-state index in [-0.39, 0.29) is 5.91 Å². The van der Waals surface area contributed by atoms with Crippen LogP contribution in [-0.4, -0.2) is 20.1 Å². The van der Waals surface area contributed by atoms with Crippen LogP contribution in [0.2, 0.25) is 0 Å². The van der Waals surface area contributed by atoms with E-state index in [1.54, 1.807) is 26.6 Å². The average Bonchev–Trinajstić information content (AvgIpc) is 3.24. The fourth-order valence-corrected chi connectivity index (χ4v) is 3.86. The molecule has 0 saturated heterocycles. The summed E-state index contributed by atoms with van der Waals surface area (Å²) in [6.45, 7) is 3.86. The predicted octanol–water partition coefficient (Wildman–Crippen LogP) is 6.47. The maximum atomic E-state index is 12.6. The van der Waals surface area contributed by atoms with E-state index in [2.05, 4.69) is 5.32 Å². The predicted molar refractivity (Wildman–Crippen MR) is 128 cm³/mol. The molecule has 1 N–H and O–H groups in total. The van der Waals surface area contributed by atoms with Crippen LogP contribution in [0.4, 0.5) is 5.69 Å². The van der Waals surface area contributed by atoms with Gasteiger partial charge < -0.3 is 19.2 Å². The average molecular weight is 428 g/mol. The molecule has 0 unspecified atom stereocenters. The Kier molecular flexibility index (Phi) is 5.99. The lowest BCUT2D eigenvalue weighted by Gasteiger charge is -2.13. The maximum absolute atomic E-state index is 12.6. The van der Waals surface area contributed by atoms with Gasteiger partial charge in [0.15, 0.2) is 0 Å². The Morgan fingerprint density at radius 2 is 1.78 bits per heavy atom. The number of hydrogen-bond donors (Lipinski definition) is 1. The molecular formula is C27H25NO4. The lowest BCUT2D eigenvalue weighted by Crippen LogP contribution is -2.08. The molecule has 0 bridgehead atoms. The zero-order valence-electron chi connectivity index (χ0n) is 18.6. The first kappa shape index (κ1) is 21.2. The Labute approximate surface area is 187 Å². The zero-order valence-corrected chi connectivity index (χ0v) is 18.6. The first-order valence-electron chi connectivity index (χ1n) is 10.3. The van der Waals surface area contributed by atoms with Crippen LogP contribution in [0.15, 0.2) is 77.4 Å². The van der Waals surface area contributed by atoms with Gasteiger partial charge in [0, 0.05) is 33.8 Å². The molecule has 1 amide bonds. The van der Waals surface area contributed by atoms with Crippen molar-refractivity contribution in [3.63, 3.8) is 0 Å². The first-order valence-corrected chi connectivity index (χ1v) is 10.3. The van der Waals surface area contributed by atoms with E-state index in [4.69, 9.17) is 13.9 Å². The number of rotatable bonds is 6. The van der Waals surface area contributed by atoms with Crippen molar-refractivity contribution in [2.24, 2.45) is 0 Å². The van der Waals surface area contributed by atoms with E-state index < -0.39 is 0 Å². The van der Waals surface area contributed by atoms with Gasteiger partial charge in [0.2, 0.25) is 5.91 Å². The van der Waals surface area contributed by atoms with Crippen LogP contribution in [0.1, 0.15) is 18.1 Å². The molecule has 0 radical (unpaired) electrons. The SMILES string of the molecule is COc1cccc(-c2coc3c(C)c(OC)c(/C(C)=C/C(=O)Nc4ccccc4)cc23)c1. The molecule has 5 nitrogen and oxygen atoms in total. The molecule has 162 valence electrons. The fraction of sp³-hybridized carbons (Fsp3) is 0.148. The fourth-order valence-electron chi connectivity index (χ4n) is 3.86. The summed E-state index contributed by atoms with van der Waals surface area (Å²) in [5, 5.41) is 3.84. The van der Waals surface area contributed by atoms with Crippen LogP contribution in [0, 0.1) is 6.92 Å². The third-order valence-electron chi connectivity index (χ3n) is 5.44. The Morgan fingerprint density at radius 1 is 1.00 bits per heavy atom. The summed E-state index contributed by atoms with van der Waals surface area (Å²) >= 11 is 0. The molecule has 32 heavy (non-hydrogen) atoms. The monoisotopic (exact) mass is 427 g/mol. The Hall–Kier alpha value is -3.99. The van der Waals surface area contributed by atoms with Crippen molar-refractivity contribution >= 4 is 28.1 Å². The number of carbonyl (C=O) groups is 1. The van der Waals surface area contributed by atoms with E-state index in [1.165, 1.54) is 0 Å². The molecular weight excluding hydrogens is 402 g/mol. The Morgan fingerprint density at radius 3 is 2.50 bits per heavy atom. The Bertz CT molecular complexity index is 1300. The number of benzene rings is 3. The number of amides is 1. The smallest absolute Gasteiger partial charge is 0.248 e. The summed E-state index contributed by atoms with van der Waals surface area (Å²) < 4.78 is 17.0. The lowest BCUT2D eigenvalue weighted by atomic mass is 9.96. The number of allylic oxidation sites excluding steroid dienone is 1. The van der Waals surface area contributed by atoms with E-state index in [0.717, 1.165) is 50.2 Å². The number of para-hydroxylation sites is 1. The van der Waals surface area contributed by atoms with Gasteiger partial charge in [-0.2, -0.15) is 0 Å². The molecule has 1 heterocycles. The highest BCUT2D eigenvalue weighted by Crippen LogP contribution is 2.41. The number of fused-ring (bicyclic) bond motifs is 1. The maximum Gasteiger partial charge on any atom is 0.248 e. The largest absolute Gasteiger partial charge is 0.497 e.